The van der Waals surface area contributed by atoms with Gasteiger partial charge in [-0.25, -0.2) is 0 Å². The maximum absolute atomic E-state index is 4.06. The molecule has 0 saturated carbocycles. The Labute approximate surface area is 129 Å². The van der Waals surface area contributed by atoms with Gasteiger partial charge in [-0.3, -0.25) is 0 Å². The minimum absolute atomic E-state index is 0.617. The number of rotatable bonds is 10. The highest BCUT2D eigenvalue weighted by Crippen LogP contribution is 2.22. The predicted octanol–water partition coefficient (Wildman–Crippen LogP) is 7.56. The maximum atomic E-state index is 4.06. The molecule has 0 radical (unpaired) electrons. The molecule has 0 saturated heterocycles. The molecule has 0 aliphatic rings. The fourth-order valence-corrected chi connectivity index (χ4v) is 2.05. The van der Waals surface area contributed by atoms with Crippen molar-refractivity contribution < 1.29 is 0 Å². The quantitative estimate of drug-likeness (QED) is 0.286. The summed E-state index contributed by atoms with van der Waals surface area (Å²) >= 11 is 0. The van der Waals surface area contributed by atoms with Gasteiger partial charge in [0.2, 0.25) is 0 Å². The van der Waals surface area contributed by atoms with E-state index in [2.05, 4.69) is 54.7 Å². The van der Waals surface area contributed by atoms with E-state index in [1.54, 1.807) is 0 Å². The van der Waals surface area contributed by atoms with E-state index in [0.29, 0.717) is 11.8 Å². The molecule has 0 rings (SSSR count). The number of hydrogen-bond acceptors (Lipinski definition) is 0. The molecule has 1 atom stereocenters. The van der Waals surface area contributed by atoms with Crippen molar-refractivity contribution in [1.29, 1.82) is 0 Å². The predicted molar refractivity (Wildman–Crippen MR) is 96.2 cm³/mol. The standard InChI is InChI=1S/C11H20.C9H20/c1-8(2)7-10(5)11(6)9(3)4;1-3-5-7-9-8-6-4-2/h9,11H,1,5,7H2,2-4,6H3;3-9H2,1-2H3. The normalized spacial score (nSPS) is 11.8. The molecule has 0 aliphatic carbocycles. The van der Waals surface area contributed by atoms with Crippen LogP contribution in [0.15, 0.2) is 24.3 Å². The van der Waals surface area contributed by atoms with Crippen molar-refractivity contribution in [3.8, 4) is 0 Å². The van der Waals surface area contributed by atoms with Gasteiger partial charge in [-0.05, 0) is 25.2 Å². The van der Waals surface area contributed by atoms with Crippen LogP contribution >= 0.6 is 0 Å². The Morgan fingerprint density at radius 1 is 0.800 bits per heavy atom. The van der Waals surface area contributed by atoms with Crippen LogP contribution in [-0.2, 0) is 0 Å². The van der Waals surface area contributed by atoms with Gasteiger partial charge in [-0.2, -0.15) is 0 Å². The van der Waals surface area contributed by atoms with Gasteiger partial charge in [0.05, 0.1) is 0 Å². The average molecular weight is 281 g/mol. The largest absolute Gasteiger partial charge is 0.0998 e. The first-order valence-electron chi connectivity index (χ1n) is 8.68. The molecular formula is C20H40. The average Bonchev–Trinajstić information content (AvgIpc) is 2.37. The summed E-state index contributed by atoms with van der Waals surface area (Å²) in [4.78, 5) is 0. The maximum Gasteiger partial charge on any atom is -0.0114 e. The van der Waals surface area contributed by atoms with Crippen molar-refractivity contribution in [3.63, 3.8) is 0 Å². The number of unbranched alkanes of at least 4 members (excludes halogenated alkanes) is 6. The Hall–Kier alpha value is -0.520. The van der Waals surface area contributed by atoms with E-state index in [9.17, 15) is 0 Å². The molecule has 0 amide bonds. The summed E-state index contributed by atoms with van der Waals surface area (Å²) in [6.45, 7) is 21.2. The fraction of sp³-hybridized carbons (Fsp3) is 0.800. The molecule has 0 heterocycles. The van der Waals surface area contributed by atoms with E-state index in [1.807, 2.05) is 0 Å². The summed E-state index contributed by atoms with van der Waals surface area (Å²) in [7, 11) is 0. The first-order valence-corrected chi connectivity index (χ1v) is 8.68. The smallest absolute Gasteiger partial charge is 0.0114 e. The lowest BCUT2D eigenvalue weighted by Crippen LogP contribution is -2.06. The Balaban J connectivity index is 0. The highest BCUT2D eigenvalue weighted by Gasteiger charge is 2.10. The summed E-state index contributed by atoms with van der Waals surface area (Å²) < 4.78 is 0. The lowest BCUT2D eigenvalue weighted by Gasteiger charge is -2.18. The summed E-state index contributed by atoms with van der Waals surface area (Å²) in [6, 6.07) is 0. The van der Waals surface area contributed by atoms with E-state index in [4.69, 9.17) is 0 Å². The van der Waals surface area contributed by atoms with E-state index in [-0.39, 0.29) is 0 Å². The Morgan fingerprint density at radius 2 is 1.20 bits per heavy atom. The molecule has 0 aromatic rings. The lowest BCUT2D eigenvalue weighted by atomic mass is 9.88. The summed E-state index contributed by atoms with van der Waals surface area (Å²) in [6.07, 6.45) is 11.0. The second-order valence-electron chi connectivity index (χ2n) is 6.59. The minimum Gasteiger partial charge on any atom is -0.0998 e. The summed E-state index contributed by atoms with van der Waals surface area (Å²) in [5, 5.41) is 0. The van der Waals surface area contributed by atoms with Crippen molar-refractivity contribution in [3.05, 3.63) is 24.3 Å². The number of allylic oxidation sites excluding steroid dienone is 2. The SMILES string of the molecule is C=C(C)CC(=C)C(C)C(C)C.CCCCCCCCC. The molecule has 0 aromatic carbocycles. The number of hydrogen-bond donors (Lipinski definition) is 0. The zero-order valence-electron chi connectivity index (χ0n) is 15.2. The highest BCUT2D eigenvalue weighted by molar-refractivity contribution is 5.10. The first kappa shape index (κ1) is 21.8. The topological polar surface area (TPSA) is 0 Å². The Morgan fingerprint density at radius 3 is 1.50 bits per heavy atom. The summed E-state index contributed by atoms with van der Waals surface area (Å²) in [5.41, 5.74) is 2.52. The van der Waals surface area contributed by atoms with Crippen LogP contribution in [0.2, 0.25) is 0 Å². The van der Waals surface area contributed by atoms with Gasteiger partial charge < -0.3 is 0 Å². The molecule has 0 aliphatic heterocycles. The highest BCUT2D eigenvalue weighted by atomic mass is 14.2. The van der Waals surface area contributed by atoms with Crippen LogP contribution in [0.4, 0.5) is 0 Å². The van der Waals surface area contributed by atoms with Gasteiger partial charge in [-0.15, -0.1) is 0 Å². The van der Waals surface area contributed by atoms with Gasteiger partial charge in [0.15, 0.2) is 0 Å². The van der Waals surface area contributed by atoms with Crippen LogP contribution in [0.5, 0.6) is 0 Å². The molecule has 1 unspecified atom stereocenters. The zero-order valence-corrected chi connectivity index (χ0v) is 15.2. The van der Waals surface area contributed by atoms with Crippen LogP contribution in [-0.4, -0.2) is 0 Å². The van der Waals surface area contributed by atoms with Crippen LogP contribution in [0.3, 0.4) is 0 Å². The van der Waals surface area contributed by atoms with Crippen molar-refractivity contribution in [2.24, 2.45) is 11.8 Å². The lowest BCUT2D eigenvalue weighted by molar-refractivity contribution is 0.473. The van der Waals surface area contributed by atoms with Gasteiger partial charge in [-0.1, -0.05) is 104 Å². The monoisotopic (exact) mass is 280 g/mol. The summed E-state index contributed by atoms with van der Waals surface area (Å²) in [5.74, 6) is 1.31. The third kappa shape index (κ3) is 15.5. The Kier molecular flexibility index (Phi) is 16.2. The van der Waals surface area contributed by atoms with Crippen LogP contribution in [0.1, 0.15) is 92.9 Å². The third-order valence-corrected chi connectivity index (χ3v) is 3.88. The van der Waals surface area contributed by atoms with Crippen molar-refractivity contribution in [2.45, 2.75) is 92.9 Å². The molecular weight excluding hydrogens is 240 g/mol. The molecule has 0 heteroatoms. The van der Waals surface area contributed by atoms with Gasteiger partial charge >= 0.3 is 0 Å². The minimum atomic E-state index is 0.617. The first-order chi connectivity index (χ1) is 9.36. The van der Waals surface area contributed by atoms with Crippen LogP contribution in [0, 0.1) is 11.8 Å². The molecule has 0 N–H and O–H groups in total. The van der Waals surface area contributed by atoms with E-state index in [0.717, 1.165) is 6.42 Å². The molecule has 20 heavy (non-hydrogen) atoms. The molecule has 0 aromatic heterocycles. The van der Waals surface area contributed by atoms with E-state index >= 15 is 0 Å². The van der Waals surface area contributed by atoms with Crippen LogP contribution in [0.25, 0.3) is 0 Å². The van der Waals surface area contributed by atoms with Gasteiger partial charge in [0.1, 0.15) is 0 Å². The molecule has 0 spiro atoms. The second kappa shape index (κ2) is 14.9. The van der Waals surface area contributed by atoms with Crippen molar-refractivity contribution in [1.82, 2.24) is 0 Å². The molecule has 120 valence electrons. The zero-order chi connectivity index (χ0) is 16.0. The molecule has 0 nitrogen and oxygen atoms in total. The Bertz CT molecular complexity index is 228. The van der Waals surface area contributed by atoms with E-state index in [1.165, 1.54) is 56.1 Å². The van der Waals surface area contributed by atoms with Crippen molar-refractivity contribution >= 4 is 0 Å². The fourth-order valence-electron chi connectivity index (χ4n) is 2.05. The van der Waals surface area contributed by atoms with E-state index < -0.39 is 0 Å². The van der Waals surface area contributed by atoms with Crippen LogP contribution < -0.4 is 0 Å². The van der Waals surface area contributed by atoms with Gasteiger partial charge in [0, 0.05) is 0 Å². The van der Waals surface area contributed by atoms with Gasteiger partial charge in [0.25, 0.3) is 0 Å². The van der Waals surface area contributed by atoms with Crippen molar-refractivity contribution in [2.75, 3.05) is 0 Å². The third-order valence-electron chi connectivity index (χ3n) is 3.88. The second-order valence-corrected chi connectivity index (χ2v) is 6.59. The molecule has 0 fully saturated rings. The molecule has 0 bridgehead atoms.